The zero-order valence-corrected chi connectivity index (χ0v) is 14.1. The standard InChI is InChI=1S/C18H25N3O2/c1-13-5-4-6-14(2)17(13)23-12-15(3)20-18(22)21-9-7-16(11-19)8-10-21/h4-6,15-16H,7-10,12H2,1-3H3,(H,20,22). The zero-order chi connectivity index (χ0) is 16.8. The van der Waals surface area contributed by atoms with Gasteiger partial charge in [-0.2, -0.15) is 5.26 Å². The van der Waals surface area contributed by atoms with Gasteiger partial charge in [0.2, 0.25) is 0 Å². The molecule has 1 aromatic carbocycles. The normalized spacial score (nSPS) is 16.5. The Labute approximate surface area is 138 Å². The second kappa shape index (κ2) is 7.87. The molecular weight excluding hydrogens is 290 g/mol. The molecular formula is C18H25N3O2. The summed E-state index contributed by atoms with van der Waals surface area (Å²) in [5, 5.41) is 11.9. The van der Waals surface area contributed by atoms with E-state index in [0.29, 0.717) is 19.7 Å². The summed E-state index contributed by atoms with van der Waals surface area (Å²) in [6.07, 6.45) is 1.52. The first kappa shape index (κ1) is 17.1. The number of ether oxygens (including phenoxy) is 1. The molecule has 124 valence electrons. The fourth-order valence-electron chi connectivity index (χ4n) is 2.79. The van der Waals surface area contributed by atoms with Crippen LogP contribution < -0.4 is 10.1 Å². The molecule has 1 aliphatic rings. The number of hydrogen-bond acceptors (Lipinski definition) is 3. The SMILES string of the molecule is Cc1cccc(C)c1OCC(C)NC(=O)N1CCC(C#N)CC1. The van der Waals surface area contributed by atoms with E-state index in [-0.39, 0.29) is 18.0 Å². The Morgan fingerprint density at radius 1 is 1.39 bits per heavy atom. The van der Waals surface area contributed by atoms with Crippen LogP contribution in [0.3, 0.4) is 0 Å². The van der Waals surface area contributed by atoms with Crippen molar-refractivity contribution in [3.63, 3.8) is 0 Å². The van der Waals surface area contributed by atoms with E-state index in [4.69, 9.17) is 10.00 Å². The number of benzene rings is 1. The van der Waals surface area contributed by atoms with Crippen LogP contribution in [0.4, 0.5) is 4.79 Å². The maximum absolute atomic E-state index is 12.2. The Morgan fingerprint density at radius 3 is 2.57 bits per heavy atom. The first-order valence-electron chi connectivity index (χ1n) is 8.15. The summed E-state index contributed by atoms with van der Waals surface area (Å²) in [5.74, 6) is 0.979. The highest BCUT2D eigenvalue weighted by atomic mass is 16.5. The minimum atomic E-state index is -0.0739. The van der Waals surface area contributed by atoms with Crippen molar-refractivity contribution in [2.24, 2.45) is 5.92 Å². The highest BCUT2D eigenvalue weighted by molar-refractivity contribution is 5.74. The number of para-hydroxylation sites is 1. The number of aryl methyl sites for hydroxylation is 2. The van der Waals surface area contributed by atoms with Crippen LogP contribution in [0.25, 0.3) is 0 Å². The minimum Gasteiger partial charge on any atom is -0.491 e. The average molecular weight is 315 g/mol. The van der Waals surface area contributed by atoms with Crippen LogP contribution in [0, 0.1) is 31.1 Å². The molecule has 0 radical (unpaired) electrons. The third-order valence-electron chi connectivity index (χ3n) is 4.22. The topological polar surface area (TPSA) is 65.4 Å². The molecule has 1 aliphatic heterocycles. The number of carbonyl (C=O) groups excluding carboxylic acids is 1. The summed E-state index contributed by atoms with van der Waals surface area (Å²) in [7, 11) is 0. The van der Waals surface area contributed by atoms with Crippen LogP contribution in [0.1, 0.15) is 30.9 Å². The lowest BCUT2D eigenvalue weighted by Crippen LogP contribution is -2.48. The number of nitrogens with one attached hydrogen (secondary N) is 1. The third kappa shape index (κ3) is 4.62. The Hall–Kier alpha value is -2.22. The van der Waals surface area contributed by atoms with Crippen LogP contribution in [-0.2, 0) is 0 Å². The number of nitrogens with zero attached hydrogens (tertiary/aromatic N) is 2. The van der Waals surface area contributed by atoms with Gasteiger partial charge in [0.05, 0.1) is 12.1 Å². The van der Waals surface area contributed by atoms with Crippen LogP contribution in [0.2, 0.25) is 0 Å². The molecule has 0 bridgehead atoms. The lowest BCUT2D eigenvalue weighted by Gasteiger charge is -2.30. The number of rotatable bonds is 4. The molecule has 1 aromatic rings. The van der Waals surface area contributed by atoms with E-state index in [1.807, 2.05) is 39.0 Å². The first-order valence-corrected chi connectivity index (χ1v) is 8.15. The second-order valence-corrected chi connectivity index (χ2v) is 6.27. The van der Waals surface area contributed by atoms with Crippen molar-refractivity contribution in [1.82, 2.24) is 10.2 Å². The van der Waals surface area contributed by atoms with Gasteiger partial charge in [-0.05, 0) is 44.7 Å². The van der Waals surface area contributed by atoms with Crippen molar-refractivity contribution in [2.75, 3.05) is 19.7 Å². The Morgan fingerprint density at radius 2 is 2.00 bits per heavy atom. The Bertz CT molecular complexity index is 566. The molecule has 1 heterocycles. The molecule has 5 heteroatoms. The Kier molecular flexibility index (Phi) is 5.86. The fourth-order valence-corrected chi connectivity index (χ4v) is 2.79. The monoisotopic (exact) mass is 315 g/mol. The van der Waals surface area contributed by atoms with E-state index in [1.165, 1.54) is 0 Å². The van der Waals surface area contributed by atoms with Gasteiger partial charge in [-0.25, -0.2) is 4.79 Å². The molecule has 1 unspecified atom stereocenters. The van der Waals surface area contributed by atoms with Crippen molar-refractivity contribution >= 4 is 6.03 Å². The molecule has 2 rings (SSSR count). The number of nitriles is 1. The minimum absolute atomic E-state index is 0.0704. The van der Waals surface area contributed by atoms with Gasteiger partial charge < -0.3 is 15.0 Å². The van der Waals surface area contributed by atoms with Gasteiger partial charge in [0, 0.05) is 19.0 Å². The van der Waals surface area contributed by atoms with Crippen LogP contribution >= 0.6 is 0 Å². The van der Waals surface area contributed by atoms with E-state index in [9.17, 15) is 4.79 Å². The van der Waals surface area contributed by atoms with Crippen molar-refractivity contribution < 1.29 is 9.53 Å². The molecule has 5 nitrogen and oxygen atoms in total. The summed E-state index contributed by atoms with van der Waals surface area (Å²) < 4.78 is 5.88. The van der Waals surface area contributed by atoms with Crippen molar-refractivity contribution in [3.8, 4) is 11.8 Å². The molecule has 1 saturated heterocycles. The molecule has 0 aromatic heterocycles. The van der Waals surface area contributed by atoms with Crippen LogP contribution in [0.15, 0.2) is 18.2 Å². The van der Waals surface area contributed by atoms with E-state index < -0.39 is 0 Å². The molecule has 0 aliphatic carbocycles. The van der Waals surface area contributed by atoms with Gasteiger partial charge in [-0.15, -0.1) is 0 Å². The summed E-state index contributed by atoms with van der Waals surface area (Å²) in [5.41, 5.74) is 2.20. The van der Waals surface area contributed by atoms with Gasteiger partial charge in [0.15, 0.2) is 0 Å². The predicted octanol–water partition coefficient (Wildman–Crippen LogP) is 3.02. The maximum atomic E-state index is 12.2. The van der Waals surface area contributed by atoms with Crippen molar-refractivity contribution in [2.45, 2.75) is 39.7 Å². The van der Waals surface area contributed by atoms with E-state index in [2.05, 4.69) is 11.4 Å². The third-order valence-corrected chi connectivity index (χ3v) is 4.22. The lowest BCUT2D eigenvalue weighted by molar-refractivity contribution is 0.170. The largest absolute Gasteiger partial charge is 0.491 e. The molecule has 1 atom stereocenters. The highest BCUT2D eigenvalue weighted by Gasteiger charge is 2.23. The number of carbonyl (C=O) groups is 1. The second-order valence-electron chi connectivity index (χ2n) is 6.27. The van der Waals surface area contributed by atoms with Gasteiger partial charge in [0.1, 0.15) is 12.4 Å². The van der Waals surface area contributed by atoms with Gasteiger partial charge in [-0.3, -0.25) is 0 Å². The number of piperidine rings is 1. The molecule has 1 N–H and O–H groups in total. The number of likely N-dealkylation sites (tertiary alicyclic amines) is 1. The molecule has 0 spiro atoms. The highest BCUT2D eigenvalue weighted by Crippen LogP contribution is 2.22. The maximum Gasteiger partial charge on any atom is 0.317 e. The van der Waals surface area contributed by atoms with Gasteiger partial charge in [0.25, 0.3) is 0 Å². The molecule has 2 amide bonds. The number of urea groups is 1. The summed E-state index contributed by atoms with van der Waals surface area (Å²) >= 11 is 0. The van der Waals surface area contributed by atoms with E-state index in [1.54, 1.807) is 4.90 Å². The van der Waals surface area contributed by atoms with E-state index in [0.717, 1.165) is 29.7 Å². The smallest absolute Gasteiger partial charge is 0.317 e. The van der Waals surface area contributed by atoms with E-state index >= 15 is 0 Å². The average Bonchev–Trinajstić information content (AvgIpc) is 2.54. The summed E-state index contributed by atoms with van der Waals surface area (Å²) in [6.45, 7) is 7.71. The number of hydrogen-bond donors (Lipinski definition) is 1. The zero-order valence-electron chi connectivity index (χ0n) is 14.1. The summed E-state index contributed by atoms with van der Waals surface area (Å²) in [4.78, 5) is 14.0. The summed E-state index contributed by atoms with van der Waals surface area (Å²) in [6, 6.07) is 8.18. The van der Waals surface area contributed by atoms with Crippen LogP contribution in [0.5, 0.6) is 5.75 Å². The van der Waals surface area contributed by atoms with Crippen molar-refractivity contribution in [1.29, 1.82) is 5.26 Å². The number of amides is 2. The Balaban J connectivity index is 1.80. The predicted molar refractivity (Wildman–Crippen MR) is 89.3 cm³/mol. The quantitative estimate of drug-likeness (QED) is 0.929. The molecule has 23 heavy (non-hydrogen) atoms. The van der Waals surface area contributed by atoms with Crippen molar-refractivity contribution in [3.05, 3.63) is 29.3 Å². The fraction of sp³-hybridized carbons (Fsp3) is 0.556. The molecule has 0 saturated carbocycles. The van der Waals surface area contributed by atoms with Gasteiger partial charge in [-0.1, -0.05) is 18.2 Å². The van der Waals surface area contributed by atoms with Gasteiger partial charge >= 0.3 is 6.03 Å². The molecule has 1 fully saturated rings. The lowest BCUT2D eigenvalue weighted by atomic mass is 9.99. The first-order chi connectivity index (χ1) is 11.0. The van der Waals surface area contributed by atoms with Crippen LogP contribution in [-0.4, -0.2) is 36.7 Å².